The van der Waals surface area contributed by atoms with Crippen LogP contribution in [0.5, 0.6) is 0 Å². The Balaban J connectivity index is 1.75. The molecule has 3 heterocycles. The molecule has 32 heavy (non-hydrogen) atoms. The minimum atomic E-state index is -1.16. The van der Waals surface area contributed by atoms with Crippen LogP contribution < -0.4 is 0 Å². The second-order valence-corrected chi connectivity index (χ2v) is 9.98. The first-order valence-corrected chi connectivity index (χ1v) is 11.6. The Morgan fingerprint density at radius 3 is 2.47 bits per heavy atom. The molecule has 184 valence electrons. The van der Waals surface area contributed by atoms with Gasteiger partial charge in [-0.05, 0) is 33.6 Å². The van der Waals surface area contributed by atoms with Crippen LogP contribution in [0.15, 0.2) is 0 Å². The molecule has 0 spiro atoms. The first-order valence-electron chi connectivity index (χ1n) is 11.6. The molecule has 0 aromatic heterocycles. The Morgan fingerprint density at radius 1 is 1.16 bits per heavy atom. The Labute approximate surface area is 190 Å². The summed E-state index contributed by atoms with van der Waals surface area (Å²) in [6.45, 7) is 8.99. The monoisotopic (exact) mass is 458 g/mol. The summed E-state index contributed by atoms with van der Waals surface area (Å²) in [4.78, 5) is 24.0. The molecule has 0 saturated carbocycles. The number of fused-ring (bicyclic) bond motifs is 2. The van der Waals surface area contributed by atoms with E-state index < -0.39 is 53.8 Å². The van der Waals surface area contributed by atoms with Crippen molar-refractivity contribution in [2.75, 3.05) is 13.7 Å². The summed E-state index contributed by atoms with van der Waals surface area (Å²) >= 11 is 0. The van der Waals surface area contributed by atoms with Gasteiger partial charge in [-0.3, -0.25) is 9.59 Å². The van der Waals surface area contributed by atoms with Gasteiger partial charge in [0.15, 0.2) is 18.0 Å². The van der Waals surface area contributed by atoms with Gasteiger partial charge in [0, 0.05) is 26.9 Å². The third-order valence-electron chi connectivity index (χ3n) is 6.42. The largest absolute Gasteiger partial charge is 0.465 e. The molecule has 3 fully saturated rings. The van der Waals surface area contributed by atoms with Crippen LogP contribution in [0.4, 0.5) is 0 Å². The molecule has 0 radical (unpaired) electrons. The lowest BCUT2D eigenvalue weighted by molar-refractivity contribution is -0.382. The Morgan fingerprint density at radius 2 is 1.88 bits per heavy atom. The number of hydrogen-bond acceptors (Lipinski definition) is 9. The van der Waals surface area contributed by atoms with Crippen LogP contribution in [-0.2, 0) is 38.0 Å². The molecule has 1 N–H and O–H groups in total. The summed E-state index contributed by atoms with van der Waals surface area (Å²) in [7, 11) is 1.53. The van der Waals surface area contributed by atoms with E-state index in [1.807, 2.05) is 6.92 Å². The minimum absolute atomic E-state index is 0.229. The average molecular weight is 459 g/mol. The Kier molecular flexibility index (Phi) is 7.87. The maximum atomic E-state index is 12.0. The summed E-state index contributed by atoms with van der Waals surface area (Å²) in [5.41, 5.74) is -0.569. The summed E-state index contributed by atoms with van der Waals surface area (Å²) in [5.74, 6) is -1.90. The Bertz CT molecular complexity index is 675. The maximum absolute atomic E-state index is 12.0. The van der Waals surface area contributed by atoms with E-state index in [9.17, 15) is 14.7 Å². The van der Waals surface area contributed by atoms with Gasteiger partial charge in [-0.15, -0.1) is 0 Å². The molecule has 3 aliphatic heterocycles. The van der Waals surface area contributed by atoms with Gasteiger partial charge < -0.3 is 33.5 Å². The number of rotatable bonds is 7. The molecule has 3 aliphatic rings. The van der Waals surface area contributed by atoms with Crippen molar-refractivity contribution in [1.29, 1.82) is 0 Å². The molecule has 0 aromatic carbocycles. The number of carbonyl (C=O) groups is 2. The van der Waals surface area contributed by atoms with Crippen LogP contribution in [0.2, 0.25) is 0 Å². The highest BCUT2D eigenvalue weighted by Crippen LogP contribution is 2.47. The van der Waals surface area contributed by atoms with Gasteiger partial charge in [0.05, 0.1) is 24.2 Å². The lowest BCUT2D eigenvalue weighted by Gasteiger charge is -2.53. The van der Waals surface area contributed by atoms with Gasteiger partial charge in [0.2, 0.25) is 0 Å². The second kappa shape index (κ2) is 9.93. The van der Waals surface area contributed by atoms with E-state index in [0.717, 1.165) is 6.42 Å². The van der Waals surface area contributed by atoms with Gasteiger partial charge in [-0.2, -0.15) is 0 Å². The fourth-order valence-electron chi connectivity index (χ4n) is 4.73. The second-order valence-electron chi connectivity index (χ2n) is 9.98. The average Bonchev–Trinajstić information content (AvgIpc) is 3.02. The van der Waals surface area contributed by atoms with E-state index in [4.69, 9.17) is 28.4 Å². The van der Waals surface area contributed by atoms with E-state index in [1.165, 1.54) is 14.0 Å². The van der Waals surface area contributed by atoms with Crippen molar-refractivity contribution < 1.29 is 43.1 Å². The van der Waals surface area contributed by atoms with Crippen molar-refractivity contribution in [3.05, 3.63) is 0 Å². The third-order valence-corrected chi connectivity index (χ3v) is 6.42. The first kappa shape index (κ1) is 25.4. The SMILES string of the molecule is CCC[C@H]1O[C@@H]2[C@@H](OC3(OC)CC[C@H](CCOC(=O)C(C)(C)C)O[C@@H]3[C@H]2OC(C)=O)[C@H]1O. The standard InChI is InChI=1S/C23H38O9/c1-7-8-15-16(25)17-18(31-15)19(29-13(2)24)20-23(27-6,32-17)11-9-14(30-20)10-12-28-21(26)22(3,4)5/h14-20,25H,7-12H2,1-6H3/t14-,15-,16+,17+,18-,19+,20-,23?/m1/s1. The van der Waals surface area contributed by atoms with E-state index >= 15 is 0 Å². The van der Waals surface area contributed by atoms with E-state index in [0.29, 0.717) is 25.7 Å². The topological polar surface area (TPSA) is 110 Å². The number of aliphatic hydroxyl groups is 1. The zero-order chi connectivity index (χ0) is 23.7. The van der Waals surface area contributed by atoms with Crippen LogP contribution in [0.3, 0.4) is 0 Å². The van der Waals surface area contributed by atoms with Crippen molar-refractivity contribution >= 4 is 11.9 Å². The Hall–Kier alpha value is -1.26. The van der Waals surface area contributed by atoms with Gasteiger partial charge >= 0.3 is 11.9 Å². The fraction of sp³-hybridized carbons (Fsp3) is 0.913. The molecule has 9 heteroatoms. The van der Waals surface area contributed by atoms with Crippen LogP contribution >= 0.6 is 0 Å². The van der Waals surface area contributed by atoms with Crippen LogP contribution in [0, 0.1) is 5.41 Å². The van der Waals surface area contributed by atoms with Crippen LogP contribution in [-0.4, -0.2) is 79.3 Å². The van der Waals surface area contributed by atoms with Crippen molar-refractivity contribution in [2.24, 2.45) is 5.41 Å². The smallest absolute Gasteiger partial charge is 0.311 e. The van der Waals surface area contributed by atoms with E-state index in [2.05, 4.69) is 0 Å². The predicted molar refractivity (Wildman–Crippen MR) is 113 cm³/mol. The third kappa shape index (κ3) is 5.12. The van der Waals surface area contributed by atoms with Crippen molar-refractivity contribution in [2.45, 2.75) is 115 Å². The molecular formula is C23H38O9. The molecule has 3 rings (SSSR count). The summed E-state index contributed by atoms with van der Waals surface area (Å²) < 4.78 is 35.6. The highest BCUT2D eigenvalue weighted by Gasteiger charge is 2.64. The van der Waals surface area contributed by atoms with Crippen molar-refractivity contribution in [3.63, 3.8) is 0 Å². The fourth-order valence-corrected chi connectivity index (χ4v) is 4.73. The number of esters is 2. The number of hydrogen-bond donors (Lipinski definition) is 1. The van der Waals surface area contributed by atoms with Crippen molar-refractivity contribution in [3.8, 4) is 0 Å². The number of methoxy groups -OCH3 is 1. The minimum Gasteiger partial charge on any atom is -0.465 e. The maximum Gasteiger partial charge on any atom is 0.311 e. The van der Waals surface area contributed by atoms with Crippen LogP contribution in [0.1, 0.15) is 66.7 Å². The number of ether oxygens (including phenoxy) is 6. The number of aliphatic hydroxyl groups excluding tert-OH is 1. The molecule has 0 bridgehead atoms. The quantitative estimate of drug-likeness (QED) is 0.574. The lowest BCUT2D eigenvalue weighted by atomic mass is 9.85. The van der Waals surface area contributed by atoms with Gasteiger partial charge in [-0.1, -0.05) is 13.3 Å². The summed E-state index contributed by atoms with van der Waals surface area (Å²) in [6.07, 6.45) is -1.25. The molecule has 9 nitrogen and oxygen atoms in total. The summed E-state index contributed by atoms with van der Waals surface area (Å²) in [6, 6.07) is 0. The molecule has 0 amide bonds. The lowest BCUT2D eigenvalue weighted by Crippen LogP contribution is -2.69. The number of carbonyl (C=O) groups excluding carboxylic acids is 2. The van der Waals surface area contributed by atoms with E-state index in [1.54, 1.807) is 20.8 Å². The molecule has 0 aromatic rings. The zero-order valence-corrected chi connectivity index (χ0v) is 20.0. The predicted octanol–water partition coefficient (Wildman–Crippen LogP) is 2.11. The zero-order valence-electron chi connectivity index (χ0n) is 20.0. The van der Waals surface area contributed by atoms with E-state index in [-0.39, 0.29) is 18.7 Å². The van der Waals surface area contributed by atoms with Gasteiger partial charge in [0.25, 0.3) is 0 Å². The molecule has 8 atom stereocenters. The first-order chi connectivity index (χ1) is 15.0. The molecule has 0 aliphatic carbocycles. The molecular weight excluding hydrogens is 420 g/mol. The van der Waals surface area contributed by atoms with Crippen molar-refractivity contribution in [1.82, 2.24) is 0 Å². The highest BCUT2D eigenvalue weighted by atomic mass is 16.7. The summed E-state index contributed by atoms with van der Waals surface area (Å²) in [5, 5.41) is 10.8. The van der Waals surface area contributed by atoms with Gasteiger partial charge in [-0.25, -0.2) is 0 Å². The molecule has 1 unspecified atom stereocenters. The molecule has 3 saturated heterocycles. The van der Waals surface area contributed by atoms with Crippen LogP contribution in [0.25, 0.3) is 0 Å². The highest BCUT2D eigenvalue weighted by molar-refractivity contribution is 5.75. The van der Waals surface area contributed by atoms with Gasteiger partial charge in [0.1, 0.15) is 18.3 Å². The normalized spacial score (nSPS) is 39.2.